The zero-order valence-corrected chi connectivity index (χ0v) is 9.66. The topological polar surface area (TPSA) is 17.1 Å². The molecule has 0 unspecified atom stereocenters. The first-order valence-corrected chi connectivity index (χ1v) is 4.96. The second-order valence-corrected chi connectivity index (χ2v) is 5.58. The van der Waals surface area contributed by atoms with E-state index in [0.717, 1.165) is 22.8 Å². The van der Waals surface area contributed by atoms with Crippen molar-refractivity contribution in [2.24, 2.45) is 10.8 Å². The fourth-order valence-electron chi connectivity index (χ4n) is 2.15. The first kappa shape index (κ1) is 9.97. The number of allylic oxidation sites excluding steroid dienone is 2. The first-order valence-electron chi connectivity index (χ1n) is 4.17. The van der Waals surface area contributed by atoms with Crippen LogP contribution in [0.25, 0.3) is 0 Å². The van der Waals surface area contributed by atoms with Gasteiger partial charge in [0.25, 0.3) is 0 Å². The smallest absolute Gasteiger partial charge is 0.147 e. The van der Waals surface area contributed by atoms with E-state index in [0.29, 0.717) is 0 Å². The Labute approximate surface area is 82.4 Å². The van der Waals surface area contributed by atoms with Gasteiger partial charge in [-0.25, -0.2) is 0 Å². The van der Waals surface area contributed by atoms with Crippen LogP contribution >= 0.6 is 15.9 Å². The number of rotatable bonds is 1. The second-order valence-electron chi connectivity index (χ2n) is 4.79. The van der Waals surface area contributed by atoms with Crippen molar-refractivity contribution in [1.82, 2.24) is 0 Å². The molecule has 0 aromatic rings. The fourth-order valence-corrected chi connectivity index (χ4v) is 2.92. The van der Waals surface area contributed by atoms with Crippen LogP contribution in [-0.2, 0) is 4.79 Å². The number of carbonyl (C=O) groups is 1. The summed E-state index contributed by atoms with van der Waals surface area (Å²) < 4.78 is 1.08. The maximum Gasteiger partial charge on any atom is 0.147 e. The summed E-state index contributed by atoms with van der Waals surface area (Å²) in [5.41, 5.74) is 1.08. The number of hydrogen-bond acceptors (Lipinski definition) is 1. The quantitative estimate of drug-likeness (QED) is 0.633. The van der Waals surface area contributed by atoms with E-state index in [4.69, 9.17) is 0 Å². The van der Waals surface area contributed by atoms with Crippen molar-refractivity contribution >= 4 is 22.2 Å². The third-order valence-electron chi connectivity index (χ3n) is 2.56. The highest BCUT2D eigenvalue weighted by molar-refractivity contribution is 9.11. The van der Waals surface area contributed by atoms with Gasteiger partial charge in [-0.05, 0) is 17.3 Å². The molecule has 0 amide bonds. The van der Waals surface area contributed by atoms with Gasteiger partial charge in [0.05, 0.1) is 0 Å². The Balaban J connectivity index is 3.19. The van der Waals surface area contributed by atoms with Gasteiger partial charge in [0.1, 0.15) is 6.29 Å². The van der Waals surface area contributed by atoms with Crippen LogP contribution in [0.1, 0.15) is 34.1 Å². The Morgan fingerprint density at radius 1 is 1.25 bits per heavy atom. The molecule has 0 fully saturated rings. The minimum absolute atomic E-state index is 0.0318. The molecule has 0 saturated heterocycles. The molecule has 0 radical (unpaired) electrons. The van der Waals surface area contributed by atoms with Crippen LogP contribution in [-0.4, -0.2) is 6.29 Å². The molecule has 68 valence electrons. The lowest BCUT2D eigenvalue weighted by Crippen LogP contribution is -2.15. The van der Waals surface area contributed by atoms with Crippen LogP contribution in [0.15, 0.2) is 10.1 Å². The minimum Gasteiger partial charge on any atom is -0.298 e. The van der Waals surface area contributed by atoms with Gasteiger partial charge in [-0.15, -0.1) is 0 Å². The SMILES string of the molecule is CC1(C)CC(C)(C)C(C=O)=C1Br. The summed E-state index contributed by atoms with van der Waals surface area (Å²) in [5, 5.41) is 0. The van der Waals surface area contributed by atoms with Crippen molar-refractivity contribution in [1.29, 1.82) is 0 Å². The van der Waals surface area contributed by atoms with Gasteiger partial charge < -0.3 is 0 Å². The van der Waals surface area contributed by atoms with E-state index in [1.54, 1.807) is 0 Å². The summed E-state index contributed by atoms with van der Waals surface area (Å²) in [6.45, 7) is 8.56. The molecule has 0 aliphatic heterocycles. The van der Waals surface area contributed by atoms with E-state index in [9.17, 15) is 4.79 Å². The highest BCUT2D eigenvalue weighted by Crippen LogP contribution is 2.54. The number of aldehydes is 1. The lowest BCUT2D eigenvalue weighted by atomic mass is 9.81. The molecule has 0 saturated carbocycles. The van der Waals surface area contributed by atoms with Gasteiger partial charge in [0, 0.05) is 10.1 Å². The van der Waals surface area contributed by atoms with Gasteiger partial charge in [-0.1, -0.05) is 43.6 Å². The van der Waals surface area contributed by atoms with Crippen LogP contribution in [0.3, 0.4) is 0 Å². The van der Waals surface area contributed by atoms with Crippen LogP contribution < -0.4 is 0 Å². The molecule has 0 N–H and O–H groups in total. The zero-order chi connectivity index (χ0) is 9.57. The monoisotopic (exact) mass is 230 g/mol. The van der Waals surface area contributed by atoms with Crippen LogP contribution in [0, 0.1) is 10.8 Å². The summed E-state index contributed by atoms with van der Waals surface area (Å²) in [6, 6.07) is 0. The Morgan fingerprint density at radius 2 is 1.75 bits per heavy atom. The van der Waals surface area contributed by atoms with E-state index in [2.05, 4.69) is 43.6 Å². The summed E-state index contributed by atoms with van der Waals surface area (Å²) >= 11 is 3.51. The summed E-state index contributed by atoms with van der Waals surface area (Å²) in [6.07, 6.45) is 2.02. The van der Waals surface area contributed by atoms with Crippen LogP contribution in [0.5, 0.6) is 0 Å². The molecular weight excluding hydrogens is 216 g/mol. The highest BCUT2D eigenvalue weighted by Gasteiger charge is 2.42. The molecule has 0 spiro atoms. The van der Waals surface area contributed by atoms with Crippen molar-refractivity contribution in [2.45, 2.75) is 34.1 Å². The van der Waals surface area contributed by atoms with Gasteiger partial charge in [-0.2, -0.15) is 0 Å². The number of halogens is 1. The molecule has 1 nitrogen and oxygen atoms in total. The molecule has 0 aromatic carbocycles. The molecule has 1 aliphatic rings. The molecule has 1 aliphatic carbocycles. The molecule has 0 aromatic heterocycles. The van der Waals surface area contributed by atoms with E-state index >= 15 is 0 Å². The van der Waals surface area contributed by atoms with Gasteiger partial charge in [-0.3, -0.25) is 4.79 Å². The van der Waals surface area contributed by atoms with Crippen molar-refractivity contribution in [3.05, 3.63) is 10.1 Å². The van der Waals surface area contributed by atoms with E-state index < -0.39 is 0 Å². The predicted octanol–water partition coefficient (Wildman–Crippen LogP) is 3.29. The fraction of sp³-hybridized carbons (Fsp3) is 0.700. The zero-order valence-electron chi connectivity index (χ0n) is 8.07. The van der Waals surface area contributed by atoms with Crippen molar-refractivity contribution in [3.8, 4) is 0 Å². The van der Waals surface area contributed by atoms with Crippen LogP contribution in [0.2, 0.25) is 0 Å². The van der Waals surface area contributed by atoms with Crippen molar-refractivity contribution in [2.75, 3.05) is 0 Å². The molecule has 0 heterocycles. The van der Waals surface area contributed by atoms with Crippen molar-refractivity contribution < 1.29 is 4.79 Å². The molecule has 0 atom stereocenters. The van der Waals surface area contributed by atoms with E-state index in [1.807, 2.05) is 0 Å². The first-order chi connectivity index (χ1) is 5.31. The molecular formula is C10H15BrO. The van der Waals surface area contributed by atoms with Crippen LogP contribution in [0.4, 0.5) is 0 Å². The molecule has 2 heteroatoms. The van der Waals surface area contributed by atoms with E-state index in [-0.39, 0.29) is 10.8 Å². The third kappa shape index (κ3) is 1.37. The number of carbonyl (C=O) groups excluding carboxylic acids is 1. The summed E-state index contributed by atoms with van der Waals surface area (Å²) in [4.78, 5) is 10.8. The van der Waals surface area contributed by atoms with Gasteiger partial charge >= 0.3 is 0 Å². The standard InChI is InChI=1S/C10H15BrO/c1-9(2)6-10(3,4)8(11)7(9)5-12/h5H,6H2,1-4H3. The average molecular weight is 231 g/mol. The normalized spacial score (nSPS) is 26.1. The molecule has 12 heavy (non-hydrogen) atoms. The van der Waals surface area contributed by atoms with Gasteiger partial charge in [0.2, 0.25) is 0 Å². The third-order valence-corrected chi connectivity index (χ3v) is 4.06. The summed E-state index contributed by atoms with van der Waals surface area (Å²) in [5.74, 6) is 0. The number of hydrogen-bond donors (Lipinski definition) is 0. The Bertz CT molecular complexity index is 249. The Morgan fingerprint density at radius 3 is 1.92 bits per heavy atom. The summed E-state index contributed by atoms with van der Waals surface area (Å²) in [7, 11) is 0. The molecule has 1 rings (SSSR count). The highest BCUT2D eigenvalue weighted by atomic mass is 79.9. The maximum atomic E-state index is 10.8. The molecule has 0 bridgehead atoms. The Kier molecular flexibility index (Phi) is 2.24. The lowest BCUT2D eigenvalue weighted by Gasteiger charge is -2.23. The van der Waals surface area contributed by atoms with Gasteiger partial charge in [0.15, 0.2) is 0 Å². The van der Waals surface area contributed by atoms with Crippen molar-refractivity contribution in [3.63, 3.8) is 0 Å². The predicted molar refractivity (Wildman–Crippen MR) is 54.2 cm³/mol. The lowest BCUT2D eigenvalue weighted by molar-refractivity contribution is -0.105. The average Bonchev–Trinajstić information content (AvgIpc) is 1.98. The Hall–Kier alpha value is -0.110. The minimum atomic E-state index is 0.0318. The second kappa shape index (κ2) is 2.69. The largest absolute Gasteiger partial charge is 0.298 e. The maximum absolute atomic E-state index is 10.8. The van der Waals surface area contributed by atoms with E-state index in [1.165, 1.54) is 0 Å².